The van der Waals surface area contributed by atoms with Crippen molar-refractivity contribution in [1.29, 1.82) is 0 Å². The average molecular weight is 220 g/mol. The molecule has 0 bridgehead atoms. The fourth-order valence-electron chi connectivity index (χ4n) is 2.38. The molecule has 0 unspecified atom stereocenters. The Labute approximate surface area is 88.7 Å². The summed E-state index contributed by atoms with van der Waals surface area (Å²) in [4.78, 5) is 11.2. The molecular formula is C11H18F2O2. The van der Waals surface area contributed by atoms with Gasteiger partial charge in [-0.2, -0.15) is 0 Å². The van der Waals surface area contributed by atoms with Crippen molar-refractivity contribution in [2.24, 2.45) is 11.3 Å². The van der Waals surface area contributed by atoms with Gasteiger partial charge in [0.25, 0.3) is 0 Å². The molecule has 15 heavy (non-hydrogen) atoms. The van der Waals surface area contributed by atoms with Crippen molar-refractivity contribution in [2.75, 3.05) is 0 Å². The number of carbonyl (C=O) groups is 1. The minimum atomic E-state index is -2.66. The molecule has 0 saturated heterocycles. The largest absolute Gasteiger partial charge is 0.481 e. The van der Waals surface area contributed by atoms with Crippen LogP contribution in [0.5, 0.6) is 0 Å². The summed E-state index contributed by atoms with van der Waals surface area (Å²) in [6.45, 7) is 3.86. The summed E-state index contributed by atoms with van der Waals surface area (Å²) in [5.41, 5.74) is -0.907. The second-order valence-corrected chi connectivity index (χ2v) is 5.04. The maximum Gasteiger partial charge on any atom is 0.309 e. The summed E-state index contributed by atoms with van der Waals surface area (Å²) in [6.07, 6.45) is 0.136. The van der Waals surface area contributed by atoms with Crippen LogP contribution in [-0.2, 0) is 4.79 Å². The van der Waals surface area contributed by atoms with Crippen LogP contribution in [-0.4, -0.2) is 17.0 Å². The molecule has 0 spiro atoms. The number of alkyl halides is 2. The lowest BCUT2D eigenvalue weighted by molar-refractivity contribution is -0.158. The van der Waals surface area contributed by atoms with Crippen molar-refractivity contribution in [3.63, 3.8) is 0 Å². The molecule has 0 radical (unpaired) electrons. The van der Waals surface area contributed by atoms with E-state index in [4.69, 9.17) is 5.11 Å². The van der Waals surface area contributed by atoms with Crippen LogP contribution < -0.4 is 0 Å². The van der Waals surface area contributed by atoms with Crippen molar-refractivity contribution >= 4 is 5.97 Å². The first-order valence-corrected chi connectivity index (χ1v) is 5.39. The lowest BCUT2D eigenvalue weighted by atomic mass is 9.68. The van der Waals surface area contributed by atoms with Crippen LogP contribution in [0.15, 0.2) is 0 Å². The smallest absolute Gasteiger partial charge is 0.309 e. The lowest BCUT2D eigenvalue weighted by Gasteiger charge is -2.37. The molecule has 1 aliphatic rings. The molecular weight excluding hydrogens is 202 g/mol. The second-order valence-electron chi connectivity index (χ2n) is 5.04. The molecule has 1 aliphatic carbocycles. The van der Waals surface area contributed by atoms with Crippen LogP contribution in [0.1, 0.15) is 46.0 Å². The molecule has 0 heterocycles. The van der Waals surface area contributed by atoms with Gasteiger partial charge < -0.3 is 5.11 Å². The predicted molar refractivity (Wildman–Crippen MR) is 52.9 cm³/mol. The number of rotatable bonds is 3. The van der Waals surface area contributed by atoms with Gasteiger partial charge in [0.2, 0.25) is 5.92 Å². The first-order valence-electron chi connectivity index (χ1n) is 5.39. The van der Waals surface area contributed by atoms with Crippen molar-refractivity contribution < 1.29 is 18.7 Å². The van der Waals surface area contributed by atoms with Crippen LogP contribution in [0.25, 0.3) is 0 Å². The lowest BCUT2D eigenvalue weighted by Crippen LogP contribution is -2.40. The monoisotopic (exact) mass is 220 g/mol. The first-order chi connectivity index (χ1) is 6.77. The summed E-state index contributed by atoms with van der Waals surface area (Å²) >= 11 is 0. The summed E-state index contributed by atoms with van der Waals surface area (Å²) in [5.74, 6) is -3.34. The van der Waals surface area contributed by atoms with E-state index in [1.807, 2.05) is 13.8 Å². The third kappa shape index (κ3) is 2.89. The van der Waals surface area contributed by atoms with E-state index < -0.39 is 17.3 Å². The standard InChI is InChI=1S/C11H18F2O2/c1-8(2)7-10(9(14)15)3-5-11(12,13)6-4-10/h8H,3-7H2,1-2H3,(H,14,15). The Morgan fingerprint density at radius 1 is 1.27 bits per heavy atom. The summed E-state index contributed by atoms with van der Waals surface area (Å²) in [5, 5.41) is 9.16. The number of hydrogen-bond donors (Lipinski definition) is 1. The molecule has 0 atom stereocenters. The molecule has 0 aromatic heterocycles. The van der Waals surface area contributed by atoms with E-state index in [0.717, 1.165) is 0 Å². The fraction of sp³-hybridized carbons (Fsp3) is 0.909. The molecule has 2 nitrogen and oxygen atoms in total. The summed E-state index contributed by atoms with van der Waals surface area (Å²) < 4.78 is 25.9. The van der Waals surface area contributed by atoms with Gasteiger partial charge in [-0.3, -0.25) is 4.79 Å². The van der Waals surface area contributed by atoms with Crippen molar-refractivity contribution in [3.05, 3.63) is 0 Å². The van der Waals surface area contributed by atoms with Gasteiger partial charge in [-0.1, -0.05) is 13.8 Å². The quantitative estimate of drug-likeness (QED) is 0.792. The topological polar surface area (TPSA) is 37.3 Å². The predicted octanol–water partition coefficient (Wildman–Crippen LogP) is 3.31. The zero-order valence-electron chi connectivity index (χ0n) is 9.22. The highest BCUT2D eigenvalue weighted by Gasteiger charge is 2.47. The highest BCUT2D eigenvalue weighted by atomic mass is 19.3. The number of carboxylic acids is 1. The van der Waals surface area contributed by atoms with Crippen molar-refractivity contribution in [3.8, 4) is 0 Å². The molecule has 0 aliphatic heterocycles. The van der Waals surface area contributed by atoms with E-state index in [2.05, 4.69) is 0 Å². The summed E-state index contributed by atoms with van der Waals surface area (Å²) in [7, 11) is 0. The number of halogens is 2. The van der Waals surface area contributed by atoms with Crippen molar-refractivity contribution in [1.82, 2.24) is 0 Å². The molecule has 1 fully saturated rings. The van der Waals surface area contributed by atoms with Crippen LogP contribution in [0.3, 0.4) is 0 Å². The third-order valence-electron chi connectivity index (χ3n) is 3.19. The SMILES string of the molecule is CC(C)CC1(C(=O)O)CCC(F)(F)CC1. The van der Waals surface area contributed by atoms with Crippen LogP contribution >= 0.6 is 0 Å². The van der Waals surface area contributed by atoms with Gasteiger partial charge in [0.1, 0.15) is 0 Å². The molecule has 0 aromatic carbocycles. The molecule has 0 amide bonds. The van der Waals surface area contributed by atoms with Gasteiger partial charge in [0, 0.05) is 12.8 Å². The highest BCUT2D eigenvalue weighted by Crippen LogP contribution is 2.47. The molecule has 88 valence electrons. The Morgan fingerprint density at radius 2 is 1.73 bits per heavy atom. The molecule has 1 saturated carbocycles. The summed E-state index contributed by atoms with van der Waals surface area (Å²) in [6, 6.07) is 0. The van der Waals surface area contributed by atoms with Gasteiger partial charge in [-0.15, -0.1) is 0 Å². The Morgan fingerprint density at radius 3 is 2.07 bits per heavy atom. The molecule has 0 aromatic rings. The minimum Gasteiger partial charge on any atom is -0.481 e. The van der Waals surface area contributed by atoms with Gasteiger partial charge in [0.15, 0.2) is 0 Å². The Kier molecular flexibility index (Phi) is 3.36. The fourth-order valence-corrected chi connectivity index (χ4v) is 2.38. The van der Waals surface area contributed by atoms with E-state index in [-0.39, 0.29) is 31.6 Å². The molecule has 1 N–H and O–H groups in total. The van der Waals surface area contributed by atoms with E-state index in [1.165, 1.54) is 0 Å². The Balaban J connectivity index is 2.73. The maximum absolute atomic E-state index is 13.0. The van der Waals surface area contributed by atoms with Gasteiger partial charge in [0.05, 0.1) is 5.41 Å². The number of carboxylic acid groups (broad SMARTS) is 1. The Hall–Kier alpha value is -0.670. The maximum atomic E-state index is 13.0. The van der Waals surface area contributed by atoms with E-state index >= 15 is 0 Å². The number of hydrogen-bond acceptors (Lipinski definition) is 1. The zero-order valence-corrected chi connectivity index (χ0v) is 9.22. The molecule has 1 rings (SSSR count). The second kappa shape index (κ2) is 4.06. The van der Waals surface area contributed by atoms with E-state index in [1.54, 1.807) is 0 Å². The minimum absolute atomic E-state index is 0.105. The average Bonchev–Trinajstić information content (AvgIpc) is 2.08. The van der Waals surface area contributed by atoms with Gasteiger partial charge in [-0.05, 0) is 25.2 Å². The van der Waals surface area contributed by atoms with E-state index in [0.29, 0.717) is 6.42 Å². The van der Waals surface area contributed by atoms with Crippen LogP contribution in [0.2, 0.25) is 0 Å². The van der Waals surface area contributed by atoms with Gasteiger partial charge in [-0.25, -0.2) is 8.78 Å². The number of aliphatic carboxylic acids is 1. The first kappa shape index (κ1) is 12.4. The Bertz CT molecular complexity index is 239. The normalized spacial score (nSPS) is 24.1. The van der Waals surface area contributed by atoms with E-state index in [9.17, 15) is 13.6 Å². The highest BCUT2D eigenvalue weighted by molar-refractivity contribution is 5.74. The molecule has 4 heteroatoms. The zero-order chi connectivity index (χ0) is 11.7. The van der Waals surface area contributed by atoms with Crippen LogP contribution in [0.4, 0.5) is 8.78 Å². The van der Waals surface area contributed by atoms with Crippen LogP contribution in [0, 0.1) is 11.3 Å². The van der Waals surface area contributed by atoms with Crippen molar-refractivity contribution in [2.45, 2.75) is 51.9 Å². The third-order valence-corrected chi connectivity index (χ3v) is 3.19. The van der Waals surface area contributed by atoms with Gasteiger partial charge >= 0.3 is 5.97 Å².